The van der Waals surface area contributed by atoms with E-state index in [1.54, 1.807) is 4.90 Å². The van der Waals surface area contributed by atoms with Crippen LogP contribution in [0.15, 0.2) is 84.9 Å². The van der Waals surface area contributed by atoms with Crippen LogP contribution in [0.1, 0.15) is 25.7 Å². The van der Waals surface area contributed by atoms with Gasteiger partial charge in [0.05, 0.1) is 5.52 Å². The van der Waals surface area contributed by atoms with Crippen molar-refractivity contribution in [2.45, 2.75) is 37.8 Å². The number of hydrogen-bond donors (Lipinski definition) is 2. The number of hydrogen-bond acceptors (Lipinski definition) is 5. The van der Waals surface area contributed by atoms with Crippen molar-refractivity contribution in [3.05, 3.63) is 84.9 Å². The minimum absolute atomic E-state index is 0.0540. The molecule has 5 rings (SSSR count). The highest BCUT2D eigenvalue weighted by molar-refractivity contribution is 5.93. The van der Waals surface area contributed by atoms with Gasteiger partial charge in [-0.15, -0.1) is 0 Å². The molecule has 2 amide bonds. The number of carbonyl (C=O) groups excluding carboxylic acids is 1. The number of primary amides is 1. The van der Waals surface area contributed by atoms with Crippen molar-refractivity contribution in [1.82, 2.24) is 4.98 Å². The lowest BCUT2D eigenvalue weighted by atomic mass is 9.90. The van der Waals surface area contributed by atoms with Gasteiger partial charge < -0.3 is 20.7 Å². The van der Waals surface area contributed by atoms with Crippen LogP contribution in [0.25, 0.3) is 10.9 Å². The normalized spacial score (nSPS) is 17.2. The molecule has 1 aromatic heterocycles. The molecule has 0 unspecified atom stereocenters. The van der Waals surface area contributed by atoms with E-state index in [2.05, 4.69) is 36.4 Å². The van der Waals surface area contributed by atoms with Crippen molar-refractivity contribution >= 4 is 34.1 Å². The molecule has 4 aromatic rings. The van der Waals surface area contributed by atoms with Crippen molar-refractivity contribution in [3.63, 3.8) is 0 Å². The number of ether oxygens (including phenoxy) is 1. The summed E-state index contributed by atoms with van der Waals surface area (Å²) in [7, 11) is 4.10. The van der Waals surface area contributed by atoms with Crippen LogP contribution in [-0.2, 0) is 0 Å². The van der Waals surface area contributed by atoms with Gasteiger partial charge in [-0.1, -0.05) is 36.4 Å². The Kier molecular flexibility index (Phi) is 7.12. The fourth-order valence-corrected chi connectivity index (χ4v) is 5.11. The number of nitrogens with one attached hydrogen (secondary N) is 1. The first-order chi connectivity index (χ1) is 18.0. The number of para-hydroxylation sites is 2. The van der Waals surface area contributed by atoms with Crippen LogP contribution in [0.5, 0.6) is 11.5 Å². The minimum atomic E-state index is -0.431. The predicted octanol–water partition coefficient (Wildman–Crippen LogP) is 6.40. The van der Waals surface area contributed by atoms with Crippen LogP contribution in [0.3, 0.4) is 0 Å². The zero-order chi connectivity index (χ0) is 25.8. The van der Waals surface area contributed by atoms with Gasteiger partial charge in [0.25, 0.3) is 0 Å². The van der Waals surface area contributed by atoms with Crippen LogP contribution < -0.4 is 25.6 Å². The number of aromatic nitrogens is 1. The van der Waals surface area contributed by atoms with Crippen LogP contribution in [0.2, 0.25) is 0 Å². The topological polar surface area (TPSA) is 83.7 Å². The second kappa shape index (κ2) is 10.8. The van der Waals surface area contributed by atoms with E-state index in [0.717, 1.165) is 59.5 Å². The fraction of sp³-hybridized carbons (Fsp3) is 0.267. The third-order valence-corrected chi connectivity index (χ3v) is 6.92. The summed E-state index contributed by atoms with van der Waals surface area (Å²) in [5.74, 6) is 2.37. The Morgan fingerprint density at radius 2 is 1.54 bits per heavy atom. The van der Waals surface area contributed by atoms with E-state index >= 15 is 0 Å². The first-order valence-electron chi connectivity index (χ1n) is 12.7. The molecule has 37 heavy (non-hydrogen) atoms. The Hall–Kier alpha value is -4.26. The van der Waals surface area contributed by atoms with Gasteiger partial charge in [-0.2, -0.15) is 0 Å². The lowest BCUT2D eigenvalue weighted by molar-refractivity contribution is 0.248. The van der Waals surface area contributed by atoms with E-state index < -0.39 is 6.03 Å². The number of urea groups is 1. The molecule has 7 heteroatoms. The smallest absolute Gasteiger partial charge is 0.319 e. The van der Waals surface area contributed by atoms with Gasteiger partial charge >= 0.3 is 6.03 Å². The lowest BCUT2D eigenvalue weighted by Gasteiger charge is -2.36. The molecular formula is C30H33N5O2. The summed E-state index contributed by atoms with van der Waals surface area (Å²) < 4.78 is 5.89. The molecule has 1 aliphatic rings. The fourth-order valence-electron chi connectivity index (χ4n) is 5.11. The largest absolute Gasteiger partial charge is 0.457 e. The Balaban J connectivity index is 1.24. The Morgan fingerprint density at radius 3 is 2.22 bits per heavy atom. The van der Waals surface area contributed by atoms with E-state index in [1.165, 1.54) is 0 Å². The van der Waals surface area contributed by atoms with Gasteiger partial charge in [0.2, 0.25) is 0 Å². The molecule has 190 valence electrons. The van der Waals surface area contributed by atoms with E-state index in [-0.39, 0.29) is 12.1 Å². The highest BCUT2D eigenvalue weighted by Crippen LogP contribution is 2.32. The molecule has 0 spiro atoms. The van der Waals surface area contributed by atoms with Crippen LogP contribution in [0.4, 0.5) is 22.0 Å². The third-order valence-electron chi connectivity index (χ3n) is 6.92. The molecular weight excluding hydrogens is 462 g/mol. The van der Waals surface area contributed by atoms with E-state index in [0.29, 0.717) is 5.75 Å². The summed E-state index contributed by atoms with van der Waals surface area (Å²) in [6.07, 6.45) is 3.57. The number of pyridine rings is 1. The molecule has 1 fully saturated rings. The number of anilines is 3. The van der Waals surface area contributed by atoms with Crippen LogP contribution in [-0.4, -0.2) is 37.2 Å². The van der Waals surface area contributed by atoms with E-state index in [4.69, 9.17) is 15.5 Å². The maximum Gasteiger partial charge on any atom is 0.319 e. The summed E-state index contributed by atoms with van der Waals surface area (Å²) in [6, 6.07) is 27.4. The average Bonchev–Trinajstić information content (AvgIpc) is 2.91. The number of carbonyl (C=O) groups is 1. The number of rotatable bonds is 7. The highest BCUT2D eigenvalue weighted by Gasteiger charge is 2.29. The van der Waals surface area contributed by atoms with Crippen molar-refractivity contribution in [3.8, 4) is 11.5 Å². The summed E-state index contributed by atoms with van der Waals surface area (Å²) in [5.41, 5.74) is 8.75. The van der Waals surface area contributed by atoms with E-state index in [9.17, 15) is 4.79 Å². The van der Waals surface area contributed by atoms with Gasteiger partial charge in [0.1, 0.15) is 17.3 Å². The monoisotopic (exact) mass is 495 g/mol. The second-order valence-corrected chi connectivity index (χ2v) is 9.71. The van der Waals surface area contributed by atoms with Gasteiger partial charge in [0, 0.05) is 49.0 Å². The molecule has 0 aliphatic heterocycles. The van der Waals surface area contributed by atoms with Gasteiger partial charge in [-0.25, -0.2) is 9.78 Å². The summed E-state index contributed by atoms with van der Waals surface area (Å²) >= 11 is 0. The lowest BCUT2D eigenvalue weighted by Crippen LogP contribution is -2.46. The molecule has 3 aromatic carbocycles. The Morgan fingerprint density at radius 1 is 0.892 bits per heavy atom. The van der Waals surface area contributed by atoms with E-state index in [1.807, 2.05) is 72.8 Å². The van der Waals surface area contributed by atoms with Gasteiger partial charge in [-0.3, -0.25) is 4.90 Å². The zero-order valence-electron chi connectivity index (χ0n) is 21.3. The molecule has 0 atom stereocenters. The van der Waals surface area contributed by atoms with Crippen molar-refractivity contribution in [2.75, 3.05) is 29.2 Å². The molecule has 0 bridgehead atoms. The summed E-state index contributed by atoms with van der Waals surface area (Å²) in [4.78, 5) is 21.1. The quantitative estimate of drug-likeness (QED) is 0.310. The summed E-state index contributed by atoms with van der Waals surface area (Å²) in [6.45, 7) is 0. The second-order valence-electron chi connectivity index (χ2n) is 9.71. The molecule has 7 nitrogen and oxygen atoms in total. The SMILES string of the molecule is CN(C)c1cc(N[C@H]2CC[C@@H](N(C(N)=O)c3ccc(Oc4ccccc4)cc3)CC2)nc2ccccc12. The number of nitrogens with two attached hydrogens (primary N) is 1. The predicted molar refractivity (Wildman–Crippen MR) is 151 cm³/mol. The maximum absolute atomic E-state index is 12.5. The highest BCUT2D eigenvalue weighted by atomic mass is 16.5. The minimum Gasteiger partial charge on any atom is -0.457 e. The number of nitrogens with zero attached hydrogens (tertiary/aromatic N) is 3. The Bertz CT molecular complexity index is 1350. The van der Waals surface area contributed by atoms with Gasteiger partial charge in [-0.05, 0) is 68.1 Å². The zero-order valence-corrected chi connectivity index (χ0v) is 21.3. The third kappa shape index (κ3) is 5.61. The van der Waals surface area contributed by atoms with Gasteiger partial charge in [0.15, 0.2) is 0 Å². The molecule has 1 saturated carbocycles. The van der Waals surface area contributed by atoms with Crippen molar-refractivity contribution in [1.29, 1.82) is 0 Å². The van der Waals surface area contributed by atoms with Crippen LogP contribution in [0, 0.1) is 0 Å². The molecule has 1 heterocycles. The number of benzene rings is 3. The maximum atomic E-state index is 12.5. The molecule has 3 N–H and O–H groups in total. The number of fused-ring (bicyclic) bond motifs is 1. The molecule has 0 saturated heterocycles. The molecule has 1 aliphatic carbocycles. The average molecular weight is 496 g/mol. The standard InChI is InChI=1S/C30H33N5O2/c1-34(2)28-20-29(33-27-11-7-6-10-26(27)28)32-21-12-14-22(15-13-21)35(30(31)36)23-16-18-25(19-17-23)37-24-8-4-3-5-9-24/h3-11,16-22H,12-15H2,1-2H3,(H2,31,36)(H,32,33)/t21-,22+. The van der Waals surface area contributed by atoms with Crippen molar-refractivity contribution in [2.24, 2.45) is 5.73 Å². The first kappa shape index (κ1) is 24.4. The Labute approximate surface area is 217 Å². The first-order valence-corrected chi connectivity index (χ1v) is 12.7. The summed E-state index contributed by atoms with van der Waals surface area (Å²) in [5, 5.41) is 4.78. The molecule has 0 radical (unpaired) electrons. The van der Waals surface area contributed by atoms with Crippen LogP contribution >= 0.6 is 0 Å². The van der Waals surface area contributed by atoms with Crippen molar-refractivity contribution < 1.29 is 9.53 Å². The number of amides is 2.